The van der Waals surface area contributed by atoms with Crippen LogP contribution in [0.25, 0.3) is 0 Å². The molecule has 0 saturated heterocycles. The number of hydrogen-bond donors (Lipinski definition) is 2. The van der Waals surface area contributed by atoms with Gasteiger partial charge in [0.25, 0.3) is 0 Å². The molecule has 0 aromatic heterocycles. The molecule has 0 aliphatic rings. The summed E-state index contributed by atoms with van der Waals surface area (Å²) in [5.41, 5.74) is 4.00. The molecule has 0 unspecified atom stereocenters. The maximum absolute atomic E-state index is 11.3. The maximum atomic E-state index is 11.3. The SMILES string of the molecule is C=C(O)C(N)(F)F. The molecule has 0 saturated carbocycles. The van der Waals surface area contributed by atoms with Gasteiger partial charge in [-0.2, -0.15) is 8.78 Å². The Balaban J connectivity index is 3.79. The highest BCUT2D eigenvalue weighted by atomic mass is 19.3. The molecular weight excluding hydrogens is 104 g/mol. The minimum Gasteiger partial charge on any atom is -0.506 e. The standard InChI is InChI=1S/C3H5F2NO/c1-2(7)3(4,5)6/h7H,1,6H2. The quantitative estimate of drug-likeness (QED) is 0.382. The van der Waals surface area contributed by atoms with E-state index in [2.05, 4.69) is 12.3 Å². The Bertz CT molecular complexity index is 85.4. The molecule has 0 aromatic carbocycles. The summed E-state index contributed by atoms with van der Waals surface area (Å²) in [6.07, 6.45) is 0. The van der Waals surface area contributed by atoms with E-state index in [1.807, 2.05) is 0 Å². The lowest BCUT2D eigenvalue weighted by Gasteiger charge is -2.04. The van der Waals surface area contributed by atoms with E-state index >= 15 is 0 Å². The molecule has 7 heavy (non-hydrogen) atoms. The van der Waals surface area contributed by atoms with Crippen LogP contribution >= 0.6 is 0 Å². The Morgan fingerprint density at radius 1 is 1.71 bits per heavy atom. The molecule has 0 rings (SSSR count). The highest BCUT2D eigenvalue weighted by molar-refractivity contribution is 4.91. The maximum Gasteiger partial charge on any atom is 0.357 e. The van der Waals surface area contributed by atoms with E-state index < -0.39 is 11.8 Å². The lowest BCUT2D eigenvalue weighted by molar-refractivity contribution is 0.00709. The van der Waals surface area contributed by atoms with Crippen LogP contribution in [0.15, 0.2) is 12.3 Å². The van der Waals surface area contributed by atoms with Crippen molar-refractivity contribution in [3.05, 3.63) is 12.3 Å². The van der Waals surface area contributed by atoms with Crippen molar-refractivity contribution in [3.63, 3.8) is 0 Å². The molecule has 0 aliphatic heterocycles. The smallest absolute Gasteiger partial charge is 0.357 e. The highest BCUT2D eigenvalue weighted by Gasteiger charge is 2.25. The van der Waals surface area contributed by atoms with Gasteiger partial charge >= 0.3 is 6.05 Å². The van der Waals surface area contributed by atoms with Crippen LogP contribution < -0.4 is 5.73 Å². The van der Waals surface area contributed by atoms with Gasteiger partial charge in [0.05, 0.1) is 0 Å². The van der Waals surface area contributed by atoms with E-state index in [-0.39, 0.29) is 0 Å². The van der Waals surface area contributed by atoms with Crippen LogP contribution in [-0.2, 0) is 0 Å². The lowest BCUT2D eigenvalue weighted by Crippen LogP contribution is -2.29. The van der Waals surface area contributed by atoms with Gasteiger partial charge in [-0.1, -0.05) is 6.58 Å². The number of alkyl halides is 2. The molecule has 2 nitrogen and oxygen atoms in total. The fourth-order valence-electron chi connectivity index (χ4n) is 0. The number of hydrogen-bond acceptors (Lipinski definition) is 2. The Kier molecular flexibility index (Phi) is 1.32. The van der Waals surface area contributed by atoms with Crippen LogP contribution in [-0.4, -0.2) is 11.2 Å². The monoisotopic (exact) mass is 109 g/mol. The van der Waals surface area contributed by atoms with Crippen LogP contribution in [0, 0.1) is 0 Å². The average molecular weight is 109 g/mol. The van der Waals surface area contributed by atoms with Crippen LogP contribution in [0.3, 0.4) is 0 Å². The summed E-state index contributed by atoms with van der Waals surface area (Å²) in [5.74, 6) is -1.31. The molecule has 0 atom stereocenters. The number of rotatable bonds is 1. The van der Waals surface area contributed by atoms with Crippen molar-refractivity contribution in [3.8, 4) is 0 Å². The Hall–Kier alpha value is -0.640. The first kappa shape index (κ1) is 6.36. The number of halogens is 2. The van der Waals surface area contributed by atoms with Gasteiger partial charge < -0.3 is 5.11 Å². The van der Waals surface area contributed by atoms with Gasteiger partial charge in [0.1, 0.15) is 0 Å². The average Bonchev–Trinajstić information content (AvgIpc) is 1.31. The van der Waals surface area contributed by atoms with Gasteiger partial charge in [-0.25, -0.2) is 0 Å². The number of aliphatic hydroxyl groups excluding tert-OH is 1. The number of nitrogens with two attached hydrogens (primary N) is 1. The van der Waals surface area contributed by atoms with Crippen LogP contribution in [0.1, 0.15) is 0 Å². The summed E-state index contributed by atoms with van der Waals surface area (Å²) in [6, 6.07) is -3.64. The third kappa shape index (κ3) is 2.11. The second kappa shape index (κ2) is 1.46. The Morgan fingerprint density at radius 3 is 1.86 bits per heavy atom. The van der Waals surface area contributed by atoms with Crippen molar-refractivity contribution in [2.75, 3.05) is 0 Å². The molecule has 0 aromatic rings. The first-order valence-electron chi connectivity index (χ1n) is 1.49. The molecular formula is C3H5F2NO. The molecule has 0 spiro atoms. The van der Waals surface area contributed by atoms with Crippen molar-refractivity contribution in [1.29, 1.82) is 0 Å². The summed E-state index contributed by atoms with van der Waals surface area (Å²) in [6.45, 7) is 2.51. The minimum atomic E-state index is -3.64. The normalized spacial score (nSPS) is 11.3. The molecule has 0 fully saturated rings. The lowest BCUT2D eigenvalue weighted by atomic mass is 10.5. The van der Waals surface area contributed by atoms with Gasteiger partial charge in [-0.15, -0.1) is 0 Å². The van der Waals surface area contributed by atoms with Crippen molar-refractivity contribution >= 4 is 0 Å². The van der Waals surface area contributed by atoms with Crippen molar-refractivity contribution < 1.29 is 13.9 Å². The Morgan fingerprint density at radius 2 is 1.86 bits per heavy atom. The second-order valence-electron chi connectivity index (χ2n) is 1.07. The first-order chi connectivity index (χ1) is 2.94. The fraction of sp³-hybridized carbons (Fsp3) is 0.333. The van der Waals surface area contributed by atoms with Crippen LogP contribution in [0.5, 0.6) is 0 Å². The van der Waals surface area contributed by atoms with E-state index in [0.29, 0.717) is 0 Å². The van der Waals surface area contributed by atoms with Gasteiger partial charge in [0, 0.05) is 0 Å². The van der Waals surface area contributed by atoms with Crippen LogP contribution in [0.4, 0.5) is 8.78 Å². The van der Waals surface area contributed by atoms with E-state index in [9.17, 15) is 8.78 Å². The first-order valence-corrected chi connectivity index (χ1v) is 1.49. The second-order valence-corrected chi connectivity index (χ2v) is 1.07. The molecule has 0 amide bonds. The minimum absolute atomic E-state index is 1.31. The largest absolute Gasteiger partial charge is 0.506 e. The van der Waals surface area contributed by atoms with E-state index in [1.165, 1.54) is 0 Å². The number of aliphatic hydroxyl groups is 1. The molecule has 4 heteroatoms. The molecule has 42 valence electrons. The third-order valence-electron chi connectivity index (χ3n) is 0.385. The fourth-order valence-corrected chi connectivity index (χ4v) is 0. The zero-order valence-electron chi connectivity index (χ0n) is 3.49. The van der Waals surface area contributed by atoms with E-state index in [0.717, 1.165) is 0 Å². The molecule has 0 bridgehead atoms. The van der Waals surface area contributed by atoms with Gasteiger partial charge in [-0.05, 0) is 0 Å². The van der Waals surface area contributed by atoms with Crippen molar-refractivity contribution in [1.82, 2.24) is 0 Å². The Labute approximate surface area is 39.2 Å². The molecule has 0 radical (unpaired) electrons. The van der Waals surface area contributed by atoms with E-state index in [4.69, 9.17) is 5.11 Å². The zero-order chi connectivity index (χ0) is 6.08. The summed E-state index contributed by atoms with van der Waals surface area (Å²) in [7, 11) is 0. The zero-order valence-corrected chi connectivity index (χ0v) is 3.49. The van der Waals surface area contributed by atoms with Crippen molar-refractivity contribution in [2.24, 2.45) is 5.73 Å². The van der Waals surface area contributed by atoms with Crippen molar-refractivity contribution in [2.45, 2.75) is 6.05 Å². The summed E-state index contributed by atoms with van der Waals surface area (Å²) in [4.78, 5) is 0. The van der Waals surface area contributed by atoms with Crippen LogP contribution in [0.2, 0.25) is 0 Å². The van der Waals surface area contributed by atoms with Gasteiger partial charge in [0.2, 0.25) is 0 Å². The van der Waals surface area contributed by atoms with Gasteiger partial charge in [-0.3, -0.25) is 5.73 Å². The predicted molar refractivity (Wildman–Crippen MR) is 20.9 cm³/mol. The summed E-state index contributed by atoms with van der Waals surface area (Å²) >= 11 is 0. The summed E-state index contributed by atoms with van der Waals surface area (Å²) in [5, 5.41) is 7.82. The summed E-state index contributed by atoms with van der Waals surface area (Å²) < 4.78 is 22.5. The predicted octanol–water partition coefficient (Wildman–Crippen LogP) is 0.610. The van der Waals surface area contributed by atoms with Gasteiger partial charge in [0.15, 0.2) is 5.76 Å². The topological polar surface area (TPSA) is 46.2 Å². The third-order valence-corrected chi connectivity index (χ3v) is 0.385. The van der Waals surface area contributed by atoms with E-state index in [1.54, 1.807) is 0 Å². The highest BCUT2D eigenvalue weighted by Crippen LogP contribution is 2.10. The molecule has 0 aliphatic carbocycles. The molecule has 0 heterocycles. The molecule has 3 N–H and O–H groups in total.